The molecule has 4 aromatic rings. The molecule has 29 heavy (non-hydrogen) atoms. The third kappa shape index (κ3) is 2.84. The Kier molecular flexibility index (Phi) is 4.01. The van der Waals surface area contributed by atoms with Gasteiger partial charge in [0.15, 0.2) is 5.69 Å². The molecule has 1 fully saturated rings. The van der Waals surface area contributed by atoms with E-state index in [2.05, 4.69) is 29.1 Å². The molecule has 0 saturated heterocycles. The molecule has 1 aliphatic carbocycles. The van der Waals surface area contributed by atoms with Crippen molar-refractivity contribution in [1.82, 2.24) is 24.4 Å². The van der Waals surface area contributed by atoms with Gasteiger partial charge in [-0.2, -0.15) is 14.7 Å². The highest BCUT2D eigenvalue weighted by atomic mass is 16.5. The maximum atomic E-state index is 6.18. The first kappa shape index (κ1) is 18.0. The van der Waals surface area contributed by atoms with E-state index < -0.39 is 0 Å². The number of ether oxygens (including phenoxy) is 1. The number of aromatic nitrogens is 5. The van der Waals surface area contributed by atoms with Crippen molar-refractivity contribution in [3.8, 4) is 22.7 Å². The van der Waals surface area contributed by atoms with Gasteiger partial charge in [-0.15, -0.1) is 0 Å². The van der Waals surface area contributed by atoms with Crippen LogP contribution in [0.5, 0.6) is 5.75 Å². The second-order valence-electron chi connectivity index (χ2n) is 7.92. The molecular weight excluding hydrogens is 366 g/mol. The number of hydrogen-bond acceptors (Lipinski definition) is 5. The van der Waals surface area contributed by atoms with E-state index in [1.165, 1.54) is 6.42 Å². The molecule has 1 aliphatic rings. The van der Waals surface area contributed by atoms with Gasteiger partial charge >= 0.3 is 0 Å². The Labute approximate surface area is 169 Å². The van der Waals surface area contributed by atoms with Crippen molar-refractivity contribution in [2.75, 3.05) is 0 Å². The molecule has 7 nitrogen and oxygen atoms in total. The lowest BCUT2D eigenvalue weighted by atomic mass is 9.96. The molecule has 5 rings (SSSR count). The zero-order chi connectivity index (χ0) is 20.3. The summed E-state index contributed by atoms with van der Waals surface area (Å²) in [5, 5.41) is 9.30. The first-order valence-electron chi connectivity index (χ1n) is 10.1. The highest BCUT2D eigenvalue weighted by molar-refractivity contribution is 5.72. The topological polar surface area (TPSA) is 70.4 Å². The van der Waals surface area contributed by atoms with Crippen molar-refractivity contribution in [2.24, 2.45) is 0 Å². The molecule has 0 radical (unpaired) electrons. The molecule has 7 heteroatoms. The quantitative estimate of drug-likeness (QED) is 0.506. The summed E-state index contributed by atoms with van der Waals surface area (Å²) in [6.07, 6.45) is 3.94. The van der Waals surface area contributed by atoms with Crippen LogP contribution in [0.15, 0.2) is 22.6 Å². The van der Waals surface area contributed by atoms with Crippen molar-refractivity contribution in [3.05, 3.63) is 46.9 Å². The lowest BCUT2D eigenvalue weighted by molar-refractivity contribution is 0.120. The summed E-state index contributed by atoms with van der Waals surface area (Å²) in [7, 11) is 0. The standard InChI is InChI=1S/C22H25N5O2/c1-12-11-18(29-17-7-6-8-17)9-10-19(12)21-14(3)28-22-20(13(2)24-27(21)22)26-16(5)23-15(4)25-26/h9-11,17H,6-8H2,1-5H3. The molecule has 3 heterocycles. The monoisotopic (exact) mass is 391 g/mol. The Morgan fingerprint density at radius 1 is 1.07 bits per heavy atom. The highest BCUT2D eigenvalue weighted by Crippen LogP contribution is 2.35. The minimum Gasteiger partial charge on any atom is -0.490 e. The van der Waals surface area contributed by atoms with Crippen molar-refractivity contribution in [3.63, 3.8) is 0 Å². The first-order valence-corrected chi connectivity index (χ1v) is 10.1. The summed E-state index contributed by atoms with van der Waals surface area (Å²) >= 11 is 0. The lowest BCUT2D eigenvalue weighted by Crippen LogP contribution is -2.24. The van der Waals surface area contributed by atoms with Crippen molar-refractivity contribution in [2.45, 2.75) is 60.0 Å². The van der Waals surface area contributed by atoms with Crippen LogP contribution in [0.3, 0.4) is 0 Å². The number of oxazole rings is 1. The molecule has 0 spiro atoms. The van der Waals surface area contributed by atoms with Gasteiger partial charge in [0.2, 0.25) is 5.71 Å². The van der Waals surface area contributed by atoms with E-state index in [1.54, 1.807) is 0 Å². The smallest absolute Gasteiger partial charge is 0.249 e. The second-order valence-corrected chi connectivity index (χ2v) is 7.92. The largest absolute Gasteiger partial charge is 0.490 e. The van der Waals surface area contributed by atoms with Crippen LogP contribution in [-0.4, -0.2) is 30.5 Å². The number of nitrogens with zero attached hydrogens (tertiary/aromatic N) is 5. The van der Waals surface area contributed by atoms with E-state index in [-0.39, 0.29) is 0 Å². The van der Waals surface area contributed by atoms with Crippen LogP contribution in [0.4, 0.5) is 0 Å². The SMILES string of the molecule is Cc1nc(C)n(-c2c(C)nn3c(-c4ccc(OC5CCC5)cc4C)c(C)oc23)n1. The summed E-state index contributed by atoms with van der Waals surface area (Å²) in [5.74, 6) is 3.28. The second kappa shape index (κ2) is 6.47. The molecule has 150 valence electrons. The van der Waals surface area contributed by atoms with E-state index in [0.717, 1.165) is 64.2 Å². The van der Waals surface area contributed by atoms with Crippen molar-refractivity contribution in [1.29, 1.82) is 0 Å². The number of hydrogen-bond donors (Lipinski definition) is 0. The fourth-order valence-corrected chi connectivity index (χ4v) is 4.02. The van der Waals surface area contributed by atoms with Crippen LogP contribution in [0, 0.1) is 34.6 Å². The number of rotatable bonds is 4. The third-order valence-electron chi connectivity index (χ3n) is 5.68. The first-order chi connectivity index (χ1) is 13.9. The van der Waals surface area contributed by atoms with Crippen LogP contribution in [-0.2, 0) is 0 Å². The van der Waals surface area contributed by atoms with Crippen LogP contribution < -0.4 is 4.74 Å². The van der Waals surface area contributed by atoms with Gasteiger partial charge in [-0.05, 0) is 77.6 Å². The summed E-state index contributed by atoms with van der Waals surface area (Å²) in [4.78, 5) is 4.42. The molecule has 0 aliphatic heterocycles. The predicted octanol–water partition coefficient (Wildman–Crippen LogP) is 4.65. The summed E-state index contributed by atoms with van der Waals surface area (Å²) < 4.78 is 15.9. The van der Waals surface area contributed by atoms with Gasteiger partial charge in [0.05, 0.1) is 11.8 Å². The summed E-state index contributed by atoms with van der Waals surface area (Å²) in [6.45, 7) is 9.86. The Balaban J connectivity index is 1.62. The maximum Gasteiger partial charge on any atom is 0.249 e. The Bertz CT molecular complexity index is 1230. The Morgan fingerprint density at radius 2 is 1.86 bits per heavy atom. The maximum absolute atomic E-state index is 6.18. The number of benzene rings is 1. The average molecular weight is 391 g/mol. The van der Waals surface area contributed by atoms with E-state index in [1.807, 2.05) is 43.0 Å². The normalized spacial score (nSPS) is 14.5. The zero-order valence-electron chi connectivity index (χ0n) is 17.5. The van der Waals surface area contributed by atoms with Gasteiger partial charge < -0.3 is 9.15 Å². The minimum atomic E-state index is 0.369. The van der Waals surface area contributed by atoms with E-state index >= 15 is 0 Å². The van der Waals surface area contributed by atoms with Gasteiger partial charge in [-0.1, -0.05) is 0 Å². The Morgan fingerprint density at radius 3 is 2.48 bits per heavy atom. The molecule has 1 saturated carbocycles. The Hall–Kier alpha value is -3.09. The van der Waals surface area contributed by atoms with E-state index in [9.17, 15) is 0 Å². The zero-order valence-corrected chi connectivity index (χ0v) is 17.5. The van der Waals surface area contributed by atoms with Gasteiger partial charge in [-0.3, -0.25) is 0 Å². The van der Waals surface area contributed by atoms with Crippen LogP contribution >= 0.6 is 0 Å². The number of aryl methyl sites for hydroxylation is 5. The average Bonchev–Trinajstić information content (AvgIpc) is 3.22. The van der Waals surface area contributed by atoms with Gasteiger partial charge in [0, 0.05) is 5.56 Å². The van der Waals surface area contributed by atoms with Gasteiger partial charge in [0.25, 0.3) is 0 Å². The number of fused-ring (bicyclic) bond motifs is 1. The lowest BCUT2D eigenvalue weighted by Gasteiger charge is -2.26. The fraction of sp³-hybridized carbons (Fsp3) is 0.409. The summed E-state index contributed by atoms with van der Waals surface area (Å²) in [5.41, 5.74) is 5.53. The molecule has 0 N–H and O–H groups in total. The highest BCUT2D eigenvalue weighted by Gasteiger charge is 2.24. The molecule has 3 aromatic heterocycles. The van der Waals surface area contributed by atoms with Crippen LogP contribution in [0.25, 0.3) is 22.7 Å². The minimum absolute atomic E-state index is 0.369. The van der Waals surface area contributed by atoms with Gasteiger partial charge in [-0.25, -0.2) is 9.67 Å². The molecule has 1 aromatic carbocycles. The van der Waals surface area contributed by atoms with Gasteiger partial charge in [0.1, 0.15) is 28.9 Å². The van der Waals surface area contributed by atoms with Crippen LogP contribution in [0.1, 0.15) is 47.9 Å². The van der Waals surface area contributed by atoms with E-state index in [0.29, 0.717) is 11.8 Å². The van der Waals surface area contributed by atoms with Crippen molar-refractivity contribution < 1.29 is 9.15 Å². The molecule has 0 unspecified atom stereocenters. The summed E-state index contributed by atoms with van der Waals surface area (Å²) in [6, 6.07) is 6.25. The van der Waals surface area contributed by atoms with Crippen LogP contribution in [0.2, 0.25) is 0 Å². The van der Waals surface area contributed by atoms with Crippen molar-refractivity contribution >= 4 is 5.71 Å². The molecule has 0 bridgehead atoms. The van der Waals surface area contributed by atoms with E-state index in [4.69, 9.17) is 14.3 Å². The fourth-order valence-electron chi connectivity index (χ4n) is 4.02. The predicted molar refractivity (Wildman–Crippen MR) is 110 cm³/mol. The molecule has 0 atom stereocenters. The third-order valence-corrected chi connectivity index (χ3v) is 5.68. The molecule has 0 amide bonds. The molecular formula is C22H25N5O2.